The van der Waals surface area contributed by atoms with E-state index in [9.17, 15) is 24.3 Å². The molecule has 0 aliphatic carbocycles. The van der Waals surface area contributed by atoms with E-state index in [0.29, 0.717) is 50.1 Å². The van der Waals surface area contributed by atoms with E-state index in [1.165, 1.54) is 0 Å². The largest absolute Gasteiger partial charge is 0.497 e. The number of fused-ring (bicyclic) bond motifs is 1. The first-order chi connectivity index (χ1) is 25.1. The summed E-state index contributed by atoms with van der Waals surface area (Å²) in [5.74, 6) is -2.47. The maximum atomic E-state index is 14.8. The fourth-order valence-corrected chi connectivity index (χ4v) is 8.17. The highest BCUT2D eigenvalue weighted by molar-refractivity contribution is 6.04. The third-order valence-electron chi connectivity index (χ3n) is 11.0. The minimum absolute atomic E-state index is 0.0910. The lowest BCUT2D eigenvalue weighted by molar-refractivity contribution is -0.164. The predicted molar refractivity (Wildman–Crippen MR) is 197 cm³/mol. The van der Waals surface area contributed by atoms with Crippen LogP contribution in [0.5, 0.6) is 5.75 Å². The number of anilines is 1. The molecule has 3 saturated heterocycles. The molecule has 3 aliphatic heterocycles. The van der Waals surface area contributed by atoms with Gasteiger partial charge in [0.25, 0.3) is 5.91 Å². The number of hydrogen-bond acceptors (Lipinski definition) is 8. The first-order valence-corrected chi connectivity index (χ1v) is 18.4. The van der Waals surface area contributed by atoms with Crippen LogP contribution in [0, 0.1) is 11.8 Å². The molecule has 3 aliphatic rings. The molecular formula is C41H53N3O8. The smallest absolute Gasteiger partial charge is 0.313 e. The van der Waals surface area contributed by atoms with Crippen LogP contribution in [-0.2, 0) is 28.7 Å². The number of likely N-dealkylation sites (tertiary alicyclic amines) is 1. The summed E-state index contributed by atoms with van der Waals surface area (Å²) in [5.41, 5.74) is 0.126. The number of unbranched alkanes of at least 4 members (excludes halogenated alkanes) is 3. The van der Waals surface area contributed by atoms with Gasteiger partial charge in [0, 0.05) is 38.9 Å². The Kier molecular flexibility index (Phi) is 12.9. The monoisotopic (exact) mass is 715 g/mol. The normalized spacial score (nSPS) is 24.2. The van der Waals surface area contributed by atoms with Gasteiger partial charge in [-0.2, -0.15) is 0 Å². The molecule has 0 unspecified atom stereocenters. The van der Waals surface area contributed by atoms with Gasteiger partial charge in [-0.25, -0.2) is 0 Å². The molecule has 3 heterocycles. The number of carbonyl (C=O) groups is 4. The number of methoxy groups -OCH3 is 1. The number of amides is 3. The van der Waals surface area contributed by atoms with E-state index < -0.39 is 47.7 Å². The summed E-state index contributed by atoms with van der Waals surface area (Å²) in [7, 11) is 3.27. The molecule has 2 aromatic rings. The van der Waals surface area contributed by atoms with Crippen molar-refractivity contribution < 1.29 is 38.5 Å². The van der Waals surface area contributed by atoms with Crippen LogP contribution in [0.2, 0.25) is 0 Å². The summed E-state index contributed by atoms with van der Waals surface area (Å²) in [4.78, 5) is 61.8. The highest BCUT2D eigenvalue weighted by Crippen LogP contribution is 2.59. The second-order valence-corrected chi connectivity index (χ2v) is 14.0. The van der Waals surface area contributed by atoms with E-state index >= 15 is 0 Å². The van der Waals surface area contributed by atoms with Crippen LogP contribution in [0.3, 0.4) is 0 Å². The number of hydrogen-bond donors (Lipinski definition) is 1. The lowest BCUT2D eigenvalue weighted by atomic mass is 9.70. The van der Waals surface area contributed by atoms with Crippen LogP contribution in [0.25, 0.3) is 0 Å². The number of benzene rings is 2. The van der Waals surface area contributed by atoms with Crippen LogP contribution in [0.4, 0.5) is 5.69 Å². The van der Waals surface area contributed by atoms with Gasteiger partial charge in [0.05, 0.1) is 31.1 Å². The average Bonchev–Trinajstić information content (AvgIpc) is 3.81. The standard InChI is InChI=1S/C41H53N3O8/c1-6-8-18-33(46)42(4)28(3)36(29-16-12-11-13-17-29)51-40(49)34-32-23-24-41(52-32)35(34)38(47)44(26-14-9-10-15-27-45)37(41)39(48)43(25-7-2)30-19-21-31(50-5)22-20-30/h6-7,11-13,16-17,19-22,28,32,34-37,45H,1-2,8-10,14-15,18,23-27H2,3-5H3/t28-,32-,34+,35+,36+,37-,41+/m1/s1. The molecule has 280 valence electrons. The van der Waals surface area contributed by atoms with E-state index in [1.54, 1.807) is 65.3 Å². The van der Waals surface area contributed by atoms with E-state index in [2.05, 4.69) is 13.2 Å². The van der Waals surface area contributed by atoms with Crippen molar-refractivity contribution in [3.63, 3.8) is 0 Å². The van der Waals surface area contributed by atoms with Crippen molar-refractivity contribution in [3.8, 4) is 5.75 Å². The summed E-state index contributed by atoms with van der Waals surface area (Å²) >= 11 is 0. The van der Waals surface area contributed by atoms with Gasteiger partial charge < -0.3 is 34.0 Å². The maximum absolute atomic E-state index is 14.8. The van der Waals surface area contributed by atoms with Gasteiger partial charge in [-0.05, 0) is 68.9 Å². The molecule has 2 aromatic carbocycles. The van der Waals surface area contributed by atoms with Gasteiger partial charge in [0.1, 0.15) is 23.5 Å². The second kappa shape index (κ2) is 17.4. The highest BCUT2D eigenvalue weighted by Gasteiger charge is 2.75. The molecule has 11 heteroatoms. The zero-order valence-electron chi connectivity index (χ0n) is 30.7. The molecule has 0 saturated carbocycles. The van der Waals surface area contributed by atoms with Crippen LogP contribution in [0.1, 0.15) is 70.0 Å². The first kappa shape index (κ1) is 38.7. The number of aliphatic hydroxyl groups excluding tert-OH is 1. The van der Waals surface area contributed by atoms with Gasteiger partial charge in [-0.3, -0.25) is 19.2 Å². The molecule has 0 radical (unpaired) electrons. The van der Waals surface area contributed by atoms with Gasteiger partial charge >= 0.3 is 5.97 Å². The number of rotatable bonds is 19. The number of likely N-dealkylation sites (N-methyl/N-ethyl adjacent to an activating group) is 1. The Labute approximate surface area is 307 Å². The number of nitrogens with zero attached hydrogens (tertiary/aromatic N) is 3. The van der Waals surface area contributed by atoms with Crippen LogP contribution in [-0.4, -0.2) is 96.2 Å². The number of ether oxygens (including phenoxy) is 3. The Hall–Kier alpha value is -4.48. The van der Waals surface area contributed by atoms with Crippen molar-refractivity contribution in [1.82, 2.24) is 9.80 Å². The van der Waals surface area contributed by atoms with Gasteiger partial charge in [0.15, 0.2) is 0 Å². The summed E-state index contributed by atoms with van der Waals surface area (Å²) in [6.07, 6.45) is 6.51. The highest BCUT2D eigenvalue weighted by atomic mass is 16.6. The van der Waals surface area contributed by atoms with Gasteiger partial charge in [-0.1, -0.05) is 55.3 Å². The van der Waals surface area contributed by atoms with Gasteiger partial charge in [-0.15, -0.1) is 13.2 Å². The molecular weight excluding hydrogens is 662 g/mol. The molecule has 5 rings (SSSR count). The third kappa shape index (κ3) is 7.66. The number of allylic oxidation sites excluding steroid dienone is 1. The van der Waals surface area contributed by atoms with E-state index in [0.717, 1.165) is 18.4 Å². The molecule has 1 spiro atoms. The molecule has 52 heavy (non-hydrogen) atoms. The van der Waals surface area contributed by atoms with Crippen LogP contribution in [0.15, 0.2) is 79.9 Å². The van der Waals surface area contributed by atoms with E-state index in [4.69, 9.17) is 14.2 Å². The topological polar surface area (TPSA) is 126 Å². The van der Waals surface area contributed by atoms with Crippen molar-refractivity contribution >= 4 is 29.4 Å². The van der Waals surface area contributed by atoms with Crippen molar-refractivity contribution in [3.05, 3.63) is 85.5 Å². The lowest BCUT2D eigenvalue weighted by Gasteiger charge is -2.37. The van der Waals surface area contributed by atoms with E-state index in [1.807, 2.05) is 37.3 Å². The summed E-state index contributed by atoms with van der Waals surface area (Å²) < 4.78 is 18.4. The second-order valence-electron chi connectivity index (χ2n) is 14.0. The fraction of sp³-hybridized carbons (Fsp3) is 0.512. The molecule has 0 aromatic heterocycles. The Morgan fingerprint density at radius 3 is 2.42 bits per heavy atom. The van der Waals surface area contributed by atoms with Crippen molar-refractivity contribution in [2.24, 2.45) is 11.8 Å². The summed E-state index contributed by atoms with van der Waals surface area (Å²) in [6, 6.07) is 14.9. The Morgan fingerprint density at radius 1 is 1.06 bits per heavy atom. The molecule has 1 N–H and O–H groups in total. The molecule has 3 amide bonds. The maximum Gasteiger partial charge on any atom is 0.313 e. The number of aliphatic hydroxyl groups is 1. The van der Waals surface area contributed by atoms with Crippen molar-refractivity contribution in [2.45, 2.75) is 88.2 Å². The number of carbonyl (C=O) groups excluding carboxylic acids is 4. The van der Waals surface area contributed by atoms with Crippen molar-refractivity contribution in [1.29, 1.82) is 0 Å². The average molecular weight is 716 g/mol. The Bertz CT molecular complexity index is 1580. The molecule has 7 atom stereocenters. The van der Waals surface area contributed by atoms with Gasteiger partial charge in [0.2, 0.25) is 11.8 Å². The Morgan fingerprint density at radius 2 is 1.77 bits per heavy atom. The Balaban J connectivity index is 1.47. The minimum Gasteiger partial charge on any atom is -0.497 e. The summed E-state index contributed by atoms with van der Waals surface area (Å²) in [6.45, 7) is 10.1. The molecule has 2 bridgehead atoms. The molecule has 3 fully saturated rings. The zero-order valence-corrected chi connectivity index (χ0v) is 30.7. The fourth-order valence-electron chi connectivity index (χ4n) is 8.17. The minimum atomic E-state index is -1.22. The summed E-state index contributed by atoms with van der Waals surface area (Å²) in [5, 5.41) is 9.29. The third-order valence-corrected chi connectivity index (χ3v) is 11.0. The first-order valence-electron chi connectivity index (χ1n) is 18.4. The quantitative estimate of drug-likeness (QED) is 0.119. The molecule has 11 nitrogen and oxygen atoms in total. The van der Waals surface area contributed by atoms with Crippen LogP contribution < -0.4 is 9.64 Å². The zero-order chi connectivity index (χ0) is 37.4. The number of esters is 1. The SMILES string of the molecule is C=CCCC(=O)N(C)[C@H](C)[C@H](OC(=O)[C@@H]1[C@H]2C(=O)N(CCCCCCO)[C@H](C(=O)N(CC=C)c3ccc(OC)cc3)[C@]23CC[C@H]1O3)c1ccccc1. The predicted octanol–water partition coefficient (Wildman–Crippen LogP) is 5.24. The van der Waals surface area contributed by atoms with Crippen LogP contribution >= 0.6 is 0 Å². The van der Waals surface area contributed by atoms with Crippen molar-refractivity contribution in [2.75, 3.05) is 38.8 Å². The van der Waals surface area contributed by atoms with E-state index in [-0.39, 0.29) is 37.3 Å². The lowest BCUT2D eigenvalue weighted by Crippen LogP contribution is -2.56.